The van der Waals surface area contributed by atoms with Crippen LogP contribution in [-0.2, 0) is 16.6 Å². The predicted molar refractivity (Wildman–Crippen MR) is 73.5 cm³/mol. The van der Waals surface area contributed by atoms with Crippen molar-refractivity contribution < 1.29 is 8.42 Å². The van der Waals surface area contributed by atoms with Crippen molar-refractivity contribution in [2.75, 3.05) is 11.3 Å². The van der Waals surface area contributed by atoms with Crippen molar-refractivity contribution in [2.24, 2.45) is 0 Å². The number of hydrogen-bond donors (Lipinski definition) is 3. The molecule has 0 radical (unpaired) electrons. The van der Waals surface area contributed by atoms with Gasteiger partial charge in [0.25, 0.3) is 10.0 Å². The predicted octanol–water partition coefficient (Wildman–Crippen LogP) is 1.17. The normalized spacial score (nSPS) is 11.6. The number of aromatic amines is 1. The zero-order chi connectivity index (χ0) is 13.7. The third-order valence-corrected chi connectivity index (χ3v) is 4.51. The lowest BCUT2D eigenvalue weighted by Crippen LogP contribution is -2.19. The van der Waals surface area contributed by atoms with Gasteiger partial charge >= 0.3 is 0 Å². The number of sulfonamides is 1. The third kappa shape index (κ3) is 3.52. The van der Waals surface area contributed by atoms with Gasteiger partial charge in [0.15, 0.2) is 10.2 Å². The maximum atomic E-state index is 12.2. The first-order valence-corrected chi connectivity index (χ1v) is 8.15. The van der Waals surface area contributed by atoms with Gasteiger partial charge in [-0.1, -0.05) is 6.92 Å². The van der Waals surface area contributed by atoms with Crippen molar-refractivity contribution >= 4 is 26.5 Å². The number of aromatic nitrogens is 3. The van der Waals surface area contributed by atoms with Gasteiger partial charge in [0, 0.05) is 23.7 Å². The second-order valence-corrected chi connectivity index (χ2v) is 6.36. The summed E-state index contributed by atoms with van der Waals surface area (Å²) < 4.78 is 26.8. The number of rotatable bonds is 7. The van der Waals surface area contributed by atoms with Crippen LogP contribution in [0.3, 0.4) is 0 Å². The fourth-order valence-corrected chi connectivity index (χ4v) is 3.42. The molecule has 0 saturated heterocycles. The molecular formula is C10H15N5O2S2. The second-order valence-electron chi connectivity index (χ2n) is 3.84. The number of hydrogen-bond acceptors (Lipinski definition) is 6. The Hall–Kier alpha value is -1.45. The highest BCUT2D eigenvalue weighted by atomic mass is 32.2. The Kier molecular flexibility index (Phi) is 4.51. The number of nitrogens with one attached hydrogen (secondary N) is 3. The van der Waals surface area contributed by atoms with E-state index in [9.17, 15) is 8.42 Å². The first kappa shape index (κ1) is 14.0. The van der Waals surface area contributed by atoms with Crippen LogP contribution in [0.2, 0.25) is 0 Å². The molecule has 7 nitrogen and oxygen atoms in total. The topological polar surface area (TPSA) is 99.8 Å². The van der Waals surface area contributed by atoms with Crippen molar-refractivity contribution in [3.63, 3.8) is 0 Å². The Balaban J connectivity index is 2.14. The Bertz CT molecular complexity index is 606. The molecule has 104 valence electrons. The minimum absolute atomic E-state index is 0.0753. The van der Waals surface area contributed by atoms with E-state index < -0.39 is 10.0 Å². The Morgan fingerprint density at radius 3 is 3.00 bits per heavy atom. The van der Waals surface area contributed by atoms with Crippen LogP contribution in [0, 0.1) is 0 Å². The summed E-state index contributed by atoms with van der Waals surface area (Å²) in [5.41, 5.74) is 0.609. The van der Waals surface area contributed by atoms with Gasteiger partial charge in [-0.05, 0) is 13.0 Å². The van der Waals surface area contributed by atoms with E-state index >= 15 is 0 Å². The molecule has 0 amide bonds. The highest BCUT2D eigenvalue weighted by Crippen LogP contribution is 2.18. The van der Waals surface area contributed by atoms with Crippen LogP contribution in [0.25, 0.3) is 0 Å². The maximum Gasteiger partial charge on any atom is 0.280 e. The monoisotopic (exact) mass is 301 g/mol. The Morgan fingerprint density at radius 2 is 2.32 bits per heavy atom. The van der Waals surface area contributed by atoms with Crippen LogP contribution >= 0.6 is 11.3 Å². The molecule has 19 heavy (non-hydrogen) atoms. The van der Waals surface area contributed by atoms with E-state index in [1.54, 1.807) is 11.6 Å². The summed E-state index contributed by atoms with van der Waals surface area (Å²) in [7, 11) is -3.67. The van der Waals surface area contributed by atoms with E-state index in [-0.39, 0.29) is 5.03 Å². The smallest absolute Gasteiger partial charge is 0.280 e. The van der Waals surface area contributed by atoms with E-state index in [0.29, 0.717) is 17.2 Å². The Labute approximate surface area is 115 Å². The van der Waals surface area contributed by atoms with E-state index in [0.717, 1.165) is 13.0 Å². The minimum Gasteiger partial charge on any atom is -0.313 e. The summed E-state index contributed by atoms with van der Waals surface area (Å²) in [6.45, 7) is 3.33. The lowest BCUT2D eigenvalue weighted by atomic mass is 10.3. The zero-order valence-corrected chi connectivity index (χ0v) is 12.0. The summed E-state index contributed by atoms with van der Waals surface area (Å²) in [5, 5.41) is 11.6. The molecule has 0 atom stereocenters. The number of nitrogens with zero attached hydrogens (tertiary/aromatic N) is 2. The second kappa shape index (κ2) is 6.13. The zero-order valence-electron chi connectivity index (χ0n) is 10.4. The fraction of sp³-hybridized carbons (Fsp3) is 0.400. The molecule has 0 saturated carbocycles. The van der Waals surface area contributed by atoms with Gasteiger partial charge < -0.3 is 5.32 Å². The average Bonchev–Trinajstić information content (AvgIpc) is 3.00. The molecule has 0 aliphatic rings. The molecule has 0 aliphatic carbocycles. The summed E-state index contributed by atoms with van der Waals surface area (Å²) in [6.07, 6.45) is 4.04. The van der Waals surface area contributed by atoms with Crippen molar-refractivity contribution in [1.29, 1.82) is 0 Å². The van der Waals surface area contributed by atoms with Crippen molar-refractivity contribution in [3.8, 4) is 0 Å². The van der Waals surface area contributed by atoms with Crippen LogP contribution < -0.4 is 10.0 Å². The first-order chi connectivity index (χ1) is 9.13. The molecule has 0 aliphatic heterocycles. The number of H-pyrrole nitrogens is 1. The van der Waals surface area contributed by atoms with E-state index in [1.807, 2.05) is 6.92 Å². The van der Waals surface area contributed by atoms with Gasteiger partial charge in [0.2, 0.25) is 0 Å². The molecule has 2 rings (SSSR count). The van der Waals surface area contributed by atoms with Crippen LogP contribution in [0.5, 0.6) is 0 Å². The molecule has 9 heteroatoms. The molecule has 0 bridgehead atoms. The average molecular weight is 301 g/mol. The Morgan fingerprint density at radius 1 is 1.47 bits per heavy atom. The highest BCUT2D eigenvalue weighted by Gasteiger charge is 2.21. The SMILES string of the molecule is CCCNCc1cn[nH]c1S(=O)(=O)Nc1nccs1. The van der Waals surface area contributed by atoms with E-state index in [2.05, 4.69) is 25.2 Å². The third-order valence-electron chi connectivity index (χ3n) is 2.34. The van der Waals surface area contributed by atoms with Gasteiger partial charge in [-0.25, -0.2) is 4.98 Å². The minimum atomic E-state index is -3.67. The van der Waals surface area contributed by atoms with E-state index in [4.69, 9.17) is 0 Å². The van der Waals surface area contributed by atoms with Gasteiger partial charge in [-0.3, -0.25) is 9.82 Å². The standard InChI is InChI=1S/C10H15N5O2S2/c1-2-3-11-6-8-7-13-14-9(8)19(16,17)15-10-12-4-5-18-10/h4-5,7,11H,2-3,6H2,1H3,(H,12,15)(H,13,14). The molecule has 0 unspecified atom stereocenters. The van der Waals surface area contributed by atoms with E-state index in [1.165, 1.54) is 17.5 Å². The molecule has 2 aromatic rings. The summed E-state index contributed by atoms with van der Waals surface area (Å²) in [4.78, 5) is 3.89. The summed E-state index contributed by atoms with van der Waals surface area (Å²) >= 11 is 1.22. The molecular weight excluding hydrogens is 286 g/mol. The number of anilines is 1. The molecule has 0 aromatic carbocycles. The summed E-state index contributed by atoms with van der Waals surface area (Å²) in [6, 6.07) is 0. The van der Waals surface area contributed by atoms with Gasteiger partial charge in [0.1, 0.15) is 0 Å². The van der Waals surface area contributed by atoms with Gasteiger partial charge in [-0.2, -0.15) is 13.5 Å². The lowest BCUT2D eigenvalue weighted by molar-refractivity contribution is 0.593. The first-order valence-electron chi connectivity index (χ1n) is 5.78. The van der Waals surface area contributed by atoms with Crippen LogP contribution in [-0.4, -0.2) is 30.1 Å². The maximum absolute atomic E-state index is 12.2. The van der Waals surface area contributed by atoms with Gasteiger partial charge in [0.05, 0.1) is 6.20 Å². The van der Waals surface area contributed by atoms with Gasteiger partial charge in [-0.15, -0.1) is 11.3 Å². The van der Waals surface area contributed by atoms with Crippen LogP contribution in [0.4, 0.5) is 5.13 Å². The summed E-state index contributed by atoms with van der Waals surface area (Å²) in [5.74, 6) is 0. The van der Waals surface area contributed by atoms with Crippen LogP contribution in [0.15, 0.2) is 22.8 Å². The van der Waals surface area contributed by atoms with Crippen LogP contribution in [0.1, 0.15) is 18.9 Å². The van der Waals surface area contributed by atoms with Crippen molar-refractivity contribution in [2.45, 2.75) is 24.9 Å². The highest BCUT2D eigenvalue weighted by molar-refractivity contribution is 7.92. The molecule has 2 heterocycles. The lowest BCUT2D eigenvalue weighted by Gasteiger charge is -2.06. The molecule has 2 aromatic heterocycles. The van der Waals surface area contributed by atoms with Crippen molar-refractivity contribution in [3.05, 3.63) is 23.3 Å². The largest absolute Gasteiger partial charge is 0.313 e. The number of thiazole rings is 1. The molecule has 0 spiro atoms. The quantitative estimate of drug-likeness (QED) is 0.667. The van der Waals surface area contributed by atoms with Crippen molar-refractivity contribution in [1.82, 2.24) is 20.5 Å². The fourth-order valence-electron chi connectivity index (χ4n) is 1.50. The molecule has 0 fully saturated rings. The molecule has 3 N–H and O–H groups in total.